The highest BCUT2D eigenvalue weighted by Crippen LogP contribution is 2.30. The lowest BCUT2D eigenvalue weighted by atomic mass is 9.80. The van der Waals surface area contributed by atoms with Gasteiger partial charge in [-0.1, -0.05) is 45.2 Å². The van der Waals surface area contributed by atoms with E-state index in [0.717, 1.165) is 56.3 Å². The van der Waals surface area contributed by atoms with Gasteiger partial charge in [-0.15, -0.1) is 0 Å². The first-order chi connectivity index (χ1) is 18.4. The number of ketones is 1. The molecule has 2 amide bonds. The minimum Gasteiger partial charge on any atom is -0.342 e. The second kappa shape index (κ2) is 13.6. The SMILES string of the molecule is CC(C)C(=O)C(NC(=O)c1cccc(C2CCCN(C(=O)CNCc3ccncn3)C2)c1)C1CCCCC1. The first-order valence-electron chi connectivity index (χ1n) is 14.1. The van der Waals surface area contributed by atoms with Crippen molar-refractivity contribution in [1.82, 2.24) is 25.5 Å². The van der Waals surface area contributed by atoms with Gasteiger partial charge < -0.3 is 15.5 Å². The molecule has 1 aromatic heterocycles. The number of hydrogen-bond donors (Lipinski definition) is 2. The van der Waals surface area contributed by atoms with Gasteiger partial charge in [0, 0.05) is 43.2 Å². The minimum absolute atomic E-state index is 0.0696. The quantitative estimate of drug-likeness (QED) is 0.494. The van der Waals surface area contributed by atoms with Crippen LogP contribution in [0.4, 0.5) is 0 Å². The molecule has 1 aliphatic carbocycles. The van der Waals surface area contributed by atoms with Gasteiger partial charge in [0.25, 0.3) is 5.91 Å². The smallest absolute Gasteiger partial charge is 0.251 e. The van der Waals surface area contributed by atoms with Crippen LogP contribution in [0.25, 0.3) is 0 Å². The molecular formula is C30H41N5O3. The lowest BCUT2D eigenvalue weighted by Crippen LogP contribution is -2.48. The second-order valence-electron chi connectivity index (χ2n) is 11.0. The molecule has 2 atom stereocenters. The number of carbonyl (C=O) groups excluding carboxylic acids is 3. The standard InChI is InChI=1S/C30H41N5O3/c1-21(2)29(37)28(22-8-4-3-5-9-22)34-30(38)24-11-6-10-23(16-24)25-12-7-15-35(19-25)27(36)18-32-17-26-13-14-31-20-33-26/h6,10-11,13-14,16,20-22,25,28,32H,3-5,7-9,12,15,17-19H2,1-2H3,(H,34,38). The molecule has 8 nitrogen and oxygen atoms in total. The summed E-state index contributed by atoms with van der Waals surface area (Å²) in [5.41, 5.74) is 2.49. The number of hydrogen-bond acceptors (Lipinski definition) is 6. The summed E-state index contributed by atoms with van der Waals surface area (Å²) in [6.07, 6.45) is 10.5. The fourth-order valence-electron chi connectivity index (χ4n) is 5.71. The van der Waals surface area contributed by atoms with E-state index in [1.807, 2.05) is 49.1 Å². The zero-order valence-corrected chi connectivity index (χ0v) is 22.7. The van der Waals surface area contributed by atoms with Crippen molar-refractivity contribution in [2.75, 3.05) is 19.6 Å². The van der Waals surface area contributed by atoms with E-state index in [2.05, 4.69) is 20.6 Å². The predicted octanol–water partition coefficient (Wildman–Crippen LogP) is 3.88. The average molecular weight is 520 g/mol. The first kappa shape index (κ1) is 27.9. The van der Waals surface area contributed by atoms with Gasteiger partial charge in [-0.25, -0.2) is 9.97 Å². The van der Waals surface area contributed by atoms with E-state index in [0.29, 0.717) is 18.7 Å². The van der Waals surface area contributed by atoms with Crippen molar-refractivity contribution in [3.05, 3.63) is 59.7 Å². The van der Waals surface area contributed by atoms with Gasteiger partial charge in [-0.3, -0.25) is 14.4 Å². The molecule has 4 rings (SSSR count). The van der Waals surface area contributed by atoms with Gasteiger partial charge in [0.15, 0.2) is 5.78 Å². The summed E-state index contributed by atoms with van der Waals surface area (Å²) < 4.78 is 0. The summed E-state index contributed by atoms with van der Waals surface area (Å²) in [6, 6.07) is 9.12. The molecule has 204 valence electrons. The fourth-order valence-corrected chi connectivity index (χ4v) is 5.71. The van der Waals surface area contributed by atoms with E-state index in [-0.39, 0.29) is 41.9 Å². The second-order valence-corrected chi connectivity index (χ2v) is 11.0. The van der Waals surface area contributed by atoms with Crippen LogP contribution >= 0.6 is 0 Å². The van der Waals surface area contributed by atoms with Crippen LogP contribution in [0, 0.1) is 11.8 Å². The van der Waals surface area contributed by atoms with Crippen LogP contribution in [-0.2, 0) is 16.1 Å². The van der Waals surface area contributed by atoms with Crippen LogP contribution in [0.3, 0.4) is 0 Å². The third kappa shape index (κ3) is 7.47. The maximum Gasteiger partial charge on any atom is 0.251 e. The highest BCUT2D eigenvalue weighted by atomic mass is 16.2. The number of aromatic nitrogens is 2. The molecule has 1 aliphatic heterocycles. The largest absolute Gasteiger partial charge is 0.342 e. The van der Waals surface area contributed by atoms with Gasteiger partial charge in [-0.2, -0.15) is 0 Å². The van der Waals surface area contributed by atoms with E-state index < -0.39 is 6.04 Å². The molecule has 1 saturated heterocycles. The maximum atomic E-state index is 13.3. The van der Waals surface area contributed by atoms with Crippen LogP contribution in [0.1, 0.15) is 86.3 Å². The number of piperidine rings is 1. The molecule has 0 spiro atoms. The van der Waals surface area contributed by atoms with Gasteiger partial charge in [0.1, 0.15) is 6.33 Å². The summed E-state index contributed by atoms with van der Waals surface area (Å²) in [4.78, 5) is 49.2. The van der Waals surface area contributed by atoms with Crippen LogP contribution in [0.15, 0.2) is 42.9 Å². The van der Waals surface area contributed by atoms with Crippen LogP contribution in [0.2, 0.25) is 0 Å². The van der Waals surface area contributed by atoms with E-state index in [9.17, 15) is 14.4 Å². The number of amides is 2. The van der Waals surface area contributed by atoms with Crippen LogP contribution in [-0.4, -0.2) is 58.1 Å². The van der Waals surface area contributed by atoms with Crippen molar-refractivity contribution in [2.24, 2.45) is 11.8 Å². The summed E-state index contributed by atoms with van der Waals surface area (Å²) in [5.74, 6) is 0.278. The monoisotopic (exact) mass is 519 g/mol. The Kier molecular flexibility index (Phi) is 9.98. The molecule has 2 heterocycles. The third-order valence-corrected chi connectivity index (χ3v) is 7.90. The van der Waals surface area contributed by atoms with Crippen LogP contribution < -0.4 is 10.6 Å². The van der Waals surface area contributed by atoms with Crippen molar-refractivity contribution < 1.29 is 14.4 Å². The molecule has 2 unspecified atom stereocenters. The Hall–Kier alpha value is -3.13. The lowest BCUT2D eigenvalue weighted by Gasteiger charge is -2.33. The van der Waals surface area contributed by atoms with E-state index in [4.69, 9.17) is 0 Å². The number of benzene rings is 1. The topological polar surface area (TPSA) is 104 Å². The van der Waals surface area contributed by atoms with Gasteiger partial charge >= 0.3 is 0 Å². The van der Waals surface area contributed by atoms with Crippen molar-refractivity contribution in [2.45, 2.75) is 77.3 Å². The summed E-state index contributed by atoms with van der Waals surface area (Å²) in [7, 11) is 0. The van der Waals surface area contributed by atoms with E-state index in [1.54, 1.807) is 6.20 Å². The van der Waals surface area contributed by atoms with Gasteiger partial charge in [-0.05, 0) is 55.4 Å². The lowest BCUT2D eigenvalue weighted by molar-refractivity contribution is -0.131. The molecular weight excluding hydrogens is 478 g/mol. The zero-order chi connectivity index (χ0) is 26.9. The highest BCUT2D eigenvalue weighted by molar-refractivity contribution is 5.98. The summed E-state index contributed by atoms with van der Waals surface area (Å²) >= 11 is 0. The molecule has 1 aromatic carbocycles. The Bertz CT molecular complexity index is 1080. The Morgan fingerprint density at radius 2 is 1.87 bits per heavy atom. The molecule has 2 fully saturated rings. The summed E-state index contributed by atoms with van der Waals surface area (Å²) in [6.45, 7) is 5.97. The number of nitrogens with zero attached hydrogens (tertiary/aromatic N) is 3. The number of Topliss-reactive ketones (excluding diaryl/α,β-unsaturated/α-hetero) is 1. The van der Waals surface area contributed by atoms with Crippen LogP contribution in [0.5, 0.6) is 0 Å². The Balaban J connectivity index is 1.36. The fraction of sp³-hybridized carbons (Fsp3) is 0.567. The van der Waals surface area contributed by atoms with Crippen molar-refractivity contribution in [1.29, 1.82) is 0 Å². The Morgan fingerprint density at radius 3 is 2.61 bits per heavy atom. The molecule has 0 radical (unpaired) electrons. The molecule has 8 heteroatoms. The van der Waals surface area contributed by atoms with Crippen molar-refractivity contribution in [3.63, 3.8) is 0 Å². The molecule has 0 bridgehead atoms. The summed E-state index contributed by atoms with van der Waals surface area (Å²) in [5, 5.41) is 6.29. The Morgan fingerprint density at radius 1 is 1.05 bits per heavy atom. The average Bonchev–Trinajstić information content (AvgIpc) is 2.96. The third-order valence-electron chi connectivity index (χ3n) is 7.90. The van der Waals surface area contributed by atoms with Crippen molar-refractivity contribution in [3.8, 4) is 0 Å². The number of rotatable bonds is 10. The van der Waals surface area contributed by atoms with E-state index >= 15 is 0 Å². The zero-order valence-electron chi connectivity index (χ0n) is 22.7. The number of likely N-dealkylation sites (tertiary alicyclic amines) is 1. The molecule has 2 aliphatic rings. The van der Waals surface area contributed by atoms with Crippen molar-refractivity contribution >= 4 is 17.6 Å². The molecule has 2 N–H and O–H groups in total. The molecule has 38 heavy (non-hydrogen) atoms. The number of nitrogens with one attached hydrogen (secondary N) is 2. The minimum atomic E-state index is -0.427. The predicted molar refractivity (Wildman–Crippen MR) is 146 cm³/mol. The molecule has 1 saturated carbocycles. The highest BCUT2D eigenvalue weighted by Gasteiger charge is 2.32. The number of carbonyl (C=O) groups is 3. The van der Waals surface area contributed by atoms with E-state index in [1.165, 1.54) is 12.7 Å². The Labute approximate surface area is 226 Å². The molecule has 2 aromatic rings. The first-order valence-corrected chi connectivity index (χ1v) is 14.1. The van der Waals surface area contributed by atoms with Gasteiger partial charge in [0.05, 0.1) is 18.3 Å². The maximum absolute atomic E-state index is 13.3. The van der Waals surface area contributed by atoms with Gasteiger partial charge in [0.2, 0.25) is 5.91 Å². The normalized spacial score (nSPS) is 19.2.